The summed E-state index contributed by atoms with van der Waals surface area (Å²) in [7, 11) is -3.92. The fraction of sp³-hybridized carbons (Fsp3) is 0.611. The number of unbranched alkanes of at least 4 members (excludes halogenated alkanes) is 4. The van der Waals surface area contributed by atoms with Crippen molar-refractivity contribution >= 4 is 21.2 Å². The molecule has 5 nitrogen and oxygen atoms in total. The zero-order chi connectivity index (χ0) is 18.0. The first-order chi connectivity index (χ1) is 11.4. The Hall–Kier alpha value is -1.40. The van der Waals surface area contributed by atoms with Crippen LogP contribution in [0, 0.1) is 0 Å². The van der Waals surface area contributed by atoms with E-state index < -0.39 is 10.1 Å². The molecule has 136 valence electrons. The van der Waals surface area contributed by atoms with Crippen molar-refractivity contribution in [1.29, 1.82) is 0 Å². The van der Waals surface area contributed by atoms with Gasteiger partial charge in [-0.25, -0.2) is 17.6 Å². The fourth-order valence-electron chi connectivity index (χ4n) is 2.66. The molecule has 0 aliphatic carbocycles. The van der Waals surface area contributed by atoms with Crippen LogP contribution in [0.2, 0.25) is 0 Å². The third kappa shape index (κ3) is 7.93. The number of hydrogen-bond donors (Lipinski definition) is 0. The molecule has 24 heavy (non-hydrogen) atoms. The van der Waals surface area contributed by atoms with Crippen LogP contribution in [-0.2, 0) is 23.2 Å². The van der Waals surface area contributed by atoms with Crippen LogP contribution in [0.15, 0.2) is 30.6 Å². The van der Waals surface area contributed by atoms with Crippen molar-refractivity contribution in [2.45, 2.75) is 65.5 Å². The Morgan fingerprint density at radius 1 is 1.04 bits per heavy atom. The topological polar surface area (TPSA) is 66.0 Å². The summed E-state index contributed by atoms with van der Waals surface area (Å²) in [5.74, 6) is 0. The van der Waals surface area contributed by atoms with Gasteiger partial charge >= 0.3 is 0 Å². The average molecular weight is 355 g/mol. The lowest BCUT2D eigenvalue weighted by Crippen LogP contribution is -2.32. The van der Waals surface area contributed by atoms with Crippen LogP contribution >= 0.6 is 0 Å². The Bertz CT molecular complexity index is 656. The zero-order valence-electron chi connectivity index (χ0n) is 15.1. The Morgan fingerprint density at radius 3 is 2.25 bits per heavy atom. The number of imidazole rings is 1. The zero-order valence-corrected chi connectivity index (χ0v) is 15.9. The molecule has 1 heterocycles. The van der Waals surface area contributed by atoms with Crippen LogP contribution in [0.4, 0.5) is 0 Å². The normalized spacial score (nSPS) is 11.3. The highest BCUT2D eigenvalue weighted by molar-refractivity contribution is 7.84. The molecule has 6 heteroatoms. The molecule has 0 saturated carbocycles. The van der Waals surface area contributed by atoms with Gasteiger partial charge in [-0.1, -0.05) is 38.8 Å². The molecule has 0 fully saturated rings. The largest absolute Gasteiger partial charge is 0.748 e. The third-order valence-corrected chi connectivity index (χ3v) is 3.78. The molecule has 2 rings (SSSR count). The summed E-state index contributed by atoms with van der Waals surface area (Å²) in [6.07, 6.45) is 10.7. The van der Waals surface area contributed by atoms with E-state index in [0.717, 1.165) is 13.1 Å². The maximum Gasteiger partial charge on any atom is 0.244 e. The molecular formula is C18H30N2O3S. The van der Waals surface area contributed by atoms with E-state index in [1.165, 1.54) is 49.6 Å². The molecule has 0 N–H and O–H groups in total. The van der Waals surface area contributed by atoms with Gasteiger partial charge in [0, 0.05) is 6.26 Å². The van der Waals surface area contributed by atoms with Gasteiger partial charge in [-0.2, -0.15) is 0 Å². The smallest absolute Gasteiger partial charge is 0.244 e. The van der Waals surface area contributed by atoms with E-state index in [9.17, 15) is 0 Å². The number of para-hydroxylation sites is 2. The van der Waals surface area contributed by atoms with Crippen LogP contribution in [0.5, 0.6) is 0 Å². The van der Waals surface area contributed by atoms with Gasteiger partial charge in [0.2, 0.25) is 6.33 Å². The number of hydrogen-bond acceptors (Lipinski definition) is 3. The van der Waals surface area contributed by atoms with E-state index in [4.69, 9.17) is 13.0 Å². The Kier molecular flexibility index (Phi) is 9.00. The molecule has 0 unspecified atom stereocenters. The molecule has 0 atom stereocenters. The maximum absolute atomic E-state index is 9.08. The minimum absolute atomic E-state index is 0.604. The SMILES string of the molecule is CCCCCn1c[n+](CCCCC)c2ccccc21.CS(=O)(=O)[O-]. The van der Waals surface area contributed by atoms with E-state index in [1.807, 2.05) is 0 Å². The molecule has 0 aliphatic rings. The standard InChI is InChI=1S/C17H27N2.CH4O3S/c1-3-5-9-13-18-15-19(14-10-6-4-2)17-12-8-7-11-16(17)18;1-5(2,3)4/h7-8,11-12,15H,3-6,9-10,13-14H2,1-2H3;1H3,(H,2,3,4)/q+1;/p-1. The number of fused-ring (bicyclic) bond motifs is 1. The predicted octanol–water partition coefficient (Wildman–Crippen LogP) is 3.47. The van der Waals surface area contributed by atoms with E-state index in [2.05, 4.69) is 53.6 Å². The minimum Gasteiger partial charge on any atom is -0.748 e. The van der Waals surface area contributed by atoms with Gasteiger partial charge in [0.15, 0.2) is 11.0 Å². The Labute approximate surface area is 146 Å². The highest BCUT2D eigenvalue weighted by Crippen LogP contribution is 2.12. The molecule has 0 amide bonds. The van der Waals surface area contributed by atoms with Crippen LogP contribution in [-0.4, -0.2) is 23.8 Å². The van der Waals surface area contributed by atoms with E-state index in [1.54, 1.807) is 0 Å². The number of aromatic nitrogens is 2. The molecule has 1 aromatic heterocycles. The lowest BCUT2D eigenvalue weighted by Gasteiger charge is -1.96. The highest BCUT2D eigenvalue weighted by atomic mass is 32.2. The summed E-state index contributed by atoms with van der Waals surface area (Å²) < 4.78 is 32.1. The summed E-state index contributed by atoms with van der Waals surface area (Å²) in [6, 6.07) is 8.79. The predicted molar refractivity (Wildman–Crippen MR) is 96.8 cm³/mol. The first kappa shape index (κ1) is 20.6. The molecule has 0 saturated heterocycles. The van der Waals surface area contributed by atoms with Crippen molar-refractivity contribution in [3.8, 4) is 0 Å². The lowest BCUT2D eigenvalue weighted by atomic mass is 10.2. The van der Waals surface area contributed by atoms with Gasteiger partial charge in [0.05, 0.1) is 23.2 Å². The average Bonchev–Trinajstić information content (AvgIpc) is 2.85. The monoisotopic (exact) mass is 354 g/mol. The molecule has 0 aliphatic heterocycles. The molecule has 0 bridgehead atoms. The van der Waals surface area contributed by atoms with Crippen molar-refractivity contribution < 1.29 is 17.5 Å². The first-order valence-electron chi connectivity index (χ1n) is 8.75. The number of rotatable bonds is 8. The van der Waals surface area contributed by atoms with E-state index >= 15 is 0 Å². The molecule has 1 aromatic carbocycles. The van der Waals surface area contributed by atoms with Gasteiger partial charge in [0.1, 0.15) is 0 Å². The molecular weight excluding hydrogens is 324 g/mol. The second-order valence-corrected chi connectivity index (χ2v) is 7.52. The van der Waals surface area contributed by atoms with Crippen molar-refractivity contribution in [1.82, 2.24) is 4.57 Å². The Balaban J connectivity index is 0.000000505. The first-order valence-corrected chi connectivity index (χ1v) is 10.6. The quantitative estimate of drug-likeness (QED) is 0.414. The number of aryl methyl sites for hydroxylation is 2. The fourth-order valence-corrected chi connectivity index (χ4v) is 2.66. The second kappa shape index (κ2) is 10.5. The van der Waals surface area contributed by atoms with Gasteiger partial charge in [-0.15, -0.1) is 0 Å². The van der Waals surface area contributed by atoms with Gasteiger partial charge in [-0.3, -0.25) is 0 Å². The van der Waals surface area contributed by atoms with E-state index in [0.29, 0.717) is 6.26 Å². The van der Waals surface area contributed by atoms with Crippen LogP contribution in [0.25, 0.3) is 11.0 Å². The molecule has 0 radical (unpaired) electrons. The lowest BCUT2D eigenvalue weighted by molar-refractivity contribution is -0.672. The summed E-state index contributed by atoms with van der Waals surface area (Å²) in [4.78, 5) is 0. The van der Waals surface area contributed by atoms with Gasteiger partial charge in [0.25, 0.3) is 0 Å². The maximum atomic E-state index is 9.08. The van der Waals surface area contributed by atoms with Crippen molar-refractivity contribution in [3.05, 3.63) is 30.6 Å². The van der Waals surface area contributed by atoms with Crippen LogP contribution in [0.1, 0.15) is 52.4 Å². The van der Waals surface area contributed by atoms with Crippen LogP contribution in [0.3, 0.4) is 0 Å². The second-order valence-electron chi connectivity index (χ2n) is 6.11. The number of nitrogens with zero attached hydrogens (tertiary/aromatic N) is 2. The van der Waals surface area contributed by atoms with Crippen LogP contribution < -0.4 is 4.57 Å². The Morgan fingerprint density at radius 2 is 1.62 bits per heavy atom. The number of benzene rings is 1. The molecule has 0 spiro atoms. The highest BCUT2D eigenvalue weighted by Gasteiger charge is 2.13. The summed E-state index contributed by atoms with van der Waals surface area (Å²) in [5.41, 5.74) is 2.77. The summed E-state index contributed by atoms with van der Waals surface area (Å²) in [5, 5.41) is 0. The van der Waals surface area contributed by atoms with Crippen molar-refractivity contribution in [2.24, 2.45) is 0 Å². The van der Waals surface area contributed by atoms with Gasteiger partial charge < -0.3 is 4.55 Å². The van der Waals surface area contributed by atoms with Crippen molar-refractivity contribution in [2.75, 3.05) is 6.26 Å². The minimum atomic E-state index is -3.92. The van der Waals surface area contributed by atoms with E-state index in [-0.39, 0.29) is 0 Å². The van der Waals surface area contributed by atoms with Gasteiger partial charge in [-0.05, 0) is 37.8 Å². The third-order valence-electron chi connectivity index (χ3n) is 3.78. The summed E-state index contributed by atoms with van der Waals surface area (Å²) >= 11 is 0. The summed E-state index contributed by atoms with van der Waals surface area (Å²) in [6.45, 7) is 6.82. The molecule has 2 aromatic rings. The van der Waals surface area contributed by atoms with Crippen molar-refractivity contribution in [3.63, 3.8) is 0 Å².